The molecule has 0 aliphatic carbocycles. The number of carbonyl (C=O) groups excluding carboxylic acids is 1. The minimum atomic E-state index is -0.767. The Labute approximate surface area is 151 Å². The molecule has 8 nitrogen and oxygen atoms in total. The number of nitro groups is 1. The molecule has 0 atom stereocenters. The first kappa shape index (κ1) is 17.6. The molecule has 0 spiro atoms. The zero-order valence-electron chi connectivity index (χ0n) is 13.5. The van der Waals surface area contributed by atoms with Gasteiger partial charge in [0, 0.05) is 24.4 Å². The summed E-state index contributed by atoms with van der Waals surface area (Å²) in [5.74, 6) is -0.767. The van der Waals surface area contributed by atoms with Crippen molar-refractivity contribution in [3.63, 3.8) is 0 Å². The van der Waals surface area contributed by atoms with E-state index < -0.39 is 10.9 Å². The Hall–Kier alpha value is -3.26. The summed E-state index contributed by atoms with van der Waals surface area (Å²) >= 11 is 5.90. The Morgan fingerprint density at radius 2 is 2.12 bits per heavy atom. The van der Waals surface area contributed by atoms with E-state index in [1.54, 1.807) is 12.3 Å². The number of aromatic nitrogens is 2. The zero-order valence-corrected chi connectivity index (χ0v) is 14.3. The first-order chi connectivity index (χ1) is 12.4. The number of carbonyl (C=O) groups is 1. The first-order valence-corrected chi connectivity index (χ1v) is 7.83. The number of non-ortho nitro benzene ring substituents is 1. The lowest BCUT2D eigenvalue weighted by Gasteiger charge is -2.08. The number of fused-ring (bicyclic) bond motifs is 1. The Bertz CT molecular complexity index is 1090. The van der Waals surface area contributed by atoms with Crippen molar-refractivity contribution in [3.8, 4) is 0 Å². The Morgan fingerprint density at radius 1 is 1.35 bits per heavy atom. The number of pyridine rings is 1. The van der Waals surface area contributed by atoms with Gasteiger partial charge in [0.15, 0.2) is 0 Å². The normalized spacial score (nSPS) is 10.7. The lowest BCUT2D eigenvalue weighted by atomic mass is 10.2. The second-order valence-electron chi connectivity index (χ2n) is 5.47. The van der Waals surface area contributed by atoms with Crippen molar-refractivity contribution in [1.82, 2.24) is 9.38 Å². The maximum absolute atomic E-state index is 12.1. The number of nitro benzene ring substituents is 1. The number of aryl methyl sites for hydroxylation is 1. The van der Waals surface area contributed by atoms with E-state index >= 15 is 0 Å². The largest absolute Gasteiger partial charge is 0.456 e. The molecule has 0 saturated heterocycles. The molecule has 0 saturated carbocycles. The van der Waals surface area contributed by atoms with Crippen LogP contribution in [0.4, 0.5) is 5.69 Å². The van der Waals surface area contributed by atoms with Gasteiger partial charge >= 0.3 is 5.97 Å². The smallest absolute Gasteiger partial charge is 0.340 e. The van der Waals surface area contributed by atoms with Crippen LogP contribution >= 0.6 is 11.6 Å². The quantitative estimate of drug-likeness (QED) is 0.395. The fourth-order valence-corrected chi connectivity index (χ4v) is 2.64. The molecule has 3 rings (SSSR count). The molecule has 2 heterocycles. The van der Waals surface area contributed by atoms with Crippen molar-refractivity contribution in [1.29, 1.82) is 0 Å². The predicted octanol–water partition coefficient (Wildman–Crippen LogP) is 2.92. The number of rotatable bonds is 4. The summed E-state index contributed by atoms with van der Waals surface area (Å²) in [5.41, 5.74) is 1.03. The van der Waals surface area contributed by atoms with Gasteiger partial charge in [0.05, 0.1) is 21.2 Å². The number of hydrogen-bond donors (Lipinski definition) is 0. The van der Waals surface area contributed by atoms with E-state index in [9.17, 15) is 19.7 Å². The third kappa shape index (κ3) is 3.40. The van der Waals surface area contributed by atoms with Crippen molar-refractivity contribution < 1.29 is 14.5 Å². The number of ether oxygens (including phenoxy) is 1. The molecule has 0 unspecified atom stereocenters. The number of nitrogens with zero attached hydrogens (tertiary/aromatic N) is 3. The number of benzene rings is 1. The van der Waals surface area contributed by atoms with E-state index in [0.29, 0.717) is 5.65 Å². The minimum absolute atomic E-state index is 0.00837. The van der Waals surface area contributed by atoms with Gasteiger partial charge in [-0.2, -0.15) is 0 Å². The van der Waals surface area contributed by atoms with E-state index in [0.717, 1.165) is 17.7 Å². The standard InChI is InChI=1S/C17H12ClN3O5/c1-10-3-2-6-20-15(22)7-11(19-16(10)20)9-26-17(23)13-5-4-12(21(24)25)8-14(13)18/h2-8H,9H2,1H3. The van der Waals surface area contributed by atoms with Crippen LogP contribution in [0.1, 0.15) is 21.6 Å². The molecule has 0 aliphatic rings. The van der Waals surface area contributed by atoms with Gasteiger partial charge < -0.3 is 4.74 Å². The van der Waals surface area contributed by atoms with Crippen molar-refractivity contribution >= 4 is 28.9 Å². The molecule has 26 heavy (non-hydrogen) atoms. The van der Waals surface area contributed by atoms with Gasteiger partial charge in [-0.1, -0.05) is 17.7 Å². The van der Waals surface area contributed by atoms with Crippen LogP contribution in [0.15, 0.2) is 47.4 Å². The molecule has 0 fully saturated rings. The monoisotopic (exact) mass is 373 g/mol. The fourth-order valence-electron chi connectivity index (χ4n) is 2.38. The lowest BCUT2D eigenvalue weighted by Crippen LogP contribution is -2.17. The van der Waals surface area contributed by atoms with Gasteiger partial charge in [0.2, 0.25) is 0 Å². The molecule has 9 heteroatoms. The molecule has 0 aliphatic heterocycles. The minimum Gasteiger partial charge on any atom is -0.456 e. The summed E-state index contributed by atoms with van der Waals surface area (Å²) in [6, 6.07) is 8.28. The average molecular weight is 374 g/mol. The van der Waals surface area contributed by atoms with E-state index in [1.807, 2.05) is 13.0 Å². The summed E-state index contributed by atoms with van der Waals surface area (Å²) in [6.07, 6.45) is 1.60. The Morgan fingerprint density at radius 3 is 2.81 bits per heavy atom. The Balaban J connectivity index is 1.82. The van der Waals surface area contributed by atoms with Crippen LogP contribution in [0.5, 0.6) is 0 Å². The molecule has 0 bridgehead atoms. The fraction of sp³-hybridized carbons (Fsp3) is 0.118. The van der Waals surface area contributed by atoms with E-state index in [-0.39, 0.29) is 34.1 Å². The van der Waals surface area contributed by atoms with Crippen LogP contribution in [0.2, 0.25) is 5.02 Å². The predicted molar refractivity (Wildman–Crippen MR) is 93.4 cm³/mol. The maximum Gasteiger partial charge on any atom is 0.340 e. The highest BCUT2D eigenvalue weighted by atomic mass is 35.5. The average Bonchev–Trinajstić information content (AvgIpc) is 2.60. The zero-order chi connectivity index (χ0) is 18.8. The third-order valence-corrected chi connectivity index (χ3v) is 3.99. The topological polar surface area (TPSA) is 104 Å². The first-order valence-electron chi connectivity index (χ1n) is 7.46. The SMILES string of the molecule is Cc1cccn2c(=O)cc(COC(=O)c3ccc([N+](=O)[O-])cc3Cl)nc12. The molecule has 0 N–H and O–H groups in total. The van der Waals surface area contributed by atoms with Gasteiger partial charge in [-0.05, 0) is 24.6 Å². The molecule has 0 radical (unpaired) electrons. The Kier molecular flexibility index (Phi) is 4.68. The van der Waals surface area contributed by atoms with Crippen LogP contribution < -0.4 is 5.56 Å². The molecule has 132 valence electrons. The summed E-state index contributed by atoms with van der Waals surface area (Å²) < 4.78 is 6.53. The van der Waals surface area contributed by atoms with Gasteiger partial charge in [0.1, 0.15) is 12.3 Å². The van der Waals surface area contributed by atoms with Crippen LogP contribution in [0.3, 0.4) is 0 Å². The summed E-state index contributed by atoms with van der Waals surface area (Å²) in [6.45, 7) is 1.58. The molecular formula is C17H12ClN3O5. The summed E-state index contributed by atoms with van der Waals surface area (Å²) in [5, 5.41) is 10.6. The molecule has 2 aromatic heterocycles. The molecular weight excluding hydrogens is 362 g/mol. The van der Waals surface area contributed by atoms with Crippen LogP contribution in [-0.4, -0.2) is 20.3 Å². The van der Waals surface area contributed by atoms with Crippen LogP contribution in [0, 0.1) is 17.0 Å². The van der Waals surface area contributed by atoms with E-state index in [1.165, 1.54) is 16.5 Å². The van der Waals surface area contributed by atoms with Crippen molar-refractivity contribution in [2.24, 2.45) is 0 Å². The van der Waals surface area contributed by atoms with Gasteiger partial charge in [-0.15, -0.1) is 0 Å². The van der Waals surface area contributed by atoms with Gasteiger partial charge in [-0.25, -0.2) is 9.78 Å². The third-order valence-electron chi connectivity index (χ3n) is 3.67. The lowest BCUT2D eigenvalue weighted by molar-refractivity contribution is -0.384. The second kappa shape index (κ2) is 6.93. The van der Waals surface area contributed by atoms with Crippen molar-refractivity contribution in [3.05, 3.63) is 84.9 Å². The molecule has 0 amide bonds. The molecule has 1 aromatic carbocycles. The number of halogens is 1. The summed E-state index contributed by atoms with van der Waals surface area (Å²) in [7, 11) is 0. The highest BCUT2D eigenvalue weighted by molar-refractivity contribution is 6.33. The van der Waals surface area contributed by atoms with Crippen LogP contribution in [0.25, 0.3) is 5.65 Å². The number of esters is 1. The molecule has 3 aromatic rings. The van der Waals surface area contributed by atoms with Gasteiger partial charge in [0.25, 0.3) is 11.2 Å². The highest BCUT2D eigenvalue weighted by Crippen LogP contribution is 2.23. The number of hydrogen-bond acceptors (Lipinski definition) is 6. The summed E-state index contributed by atoms with van der Waals surface area (Å²) in [4.78, 5) is 38.7. The van der Waals surface area contributed by atoms with Crippen molar-refractivity contribution in [2.45, 2.75) is 13.5 Å². The highest BCUT2D eigenvalue weighted by Gasteiger charge is 2.16. The maximum atomic E-state index is 12.1. The van der Waals surface area contributed by atoms with E-state index in [4.69, 9.17) is 16.3 Å². The van der Waals surface area contributed by atoms with E-state index in [2.05, 4.69) is 4.98 Å². The van der Waals surface area contributed by atoms with Gasteiger partial charge in [-0.3, -0.25) is 19.3 Å². The van der Waals surface area contributed by atoms with Crippen molar-refractivity contribution in [2.75, 3.05) is 0 Å². The second-order valence-corrected chi connectivity index (χ2v) is 5.88. The van der Waals surface area contributed by atoms with Crippen LogP contribution in [-0.2, 0) is 11.3 Å².